The number of primary sulfonamides is 1. The molecule has 0 aliphatic carbocycles. The topological polar surface area (TPSA) is 111 Å². The van der Waals surface area contributed by atoms with Crippen molar-refractivity contribution in [3.05, 3.63) is 24.3 Å². The molecule has 1 saturated heterocycles. The van der Waals surface area contributed by atoms with Crippen LogP contribution in [0.15, 0.2) is 29.2 Å². The predicted octanol–water partition coefficient (Wildman–Crippen LogP) is 0.492. The molecule has 0 radical (unpaired) electrons. The van der Waals surface area contributed by atoms with Crippen molar-refractivity contribution in [3.63, 3.8) is 0 Å². The van der Waals surface area contributed by atoms with Crippen molar-refractivity contribution >= 4 is 21.7 Å². The zero-order valence-electron chi connectivity index (χ0n) is 10.8. The number of hydrogen-bond donors (Lipinski definition) is 3. The fraction of sp³-hybridized carbons (Fsp3) is 0.417. The van der Waals surface area contributed by atoms with Crippen LogP contribution in [-0.2, 0) is 14.8 Å². The van der Waals surface area contributed by atoms with Crippen LogP contribution in [-0.4, -0.2) is 34.2 Å². The monoisotopic (exact) mass is 299 g/mol. The summed E-state index contributed by atoms with van der Waals surface area (Å²) in [6.07, 6.45) is 0.948. The highest BCUT2D eigenvalue weighted by Crippen LogP contribution is 2.13. The lowest BCUT2D eigenvalue weighted by Gasteiger charge is -2.11. The number of carbonyl (C=O) groups is 1. The minimum atomic E-state index is -3.71. The molecule has 0 unspecified atom stereocenters. The van der Waals surface area contributed by atoms with Crippen LogP contribution in [0, 0.1) is 5.92 Å². The van der Waals surface area contributed by atoms with Crippen LogP contribution in [0.1, 0.15) is 6.42 Å². The van der Waals surface area contributed by atoms with Gasteiger partial charge in [0.15, 0.2) is 0 Å². The number of anilines is 1. The Hall–Kier alpha value is -1.64. The molecule has 110 valence electrons. The summed E-state index contributed by atoms with van der Waals surface area (Å²) < 4.78 is 27.4. The van der Waals surface area contributed by atoms with Gasteiger partial charge in [0.25, 0.3) is 0 Å². The van der Waals surface area contributed by atoms with Crippen molar-refractivity contribution in [2.45, 2.75) is 11.3 Å². The van der Waals surface area contributed by atoms with Gasteiger partial charge in [-0.1, -0.05) is 0 Å². The third-order valence-corrected chi connectivity index (χ3v) is 3.95. The van der Waals surface area contributed by atoms with Crippen molar-refractivity contribution in [2.24, 2.45) is 11.1 Å². The van der Waals surface area contributed by atoms with E-state index in [0.717, 1.165) is 13.0 Å². The van der Waals surface area contributed by atoms with E-state index >= 15 is 0 Å². The number of hydrogen-bond acceptors (Lipinski definition) is 4. The summed E-state index contributed by atoms with van der Waals surface area (Å²) in [5, 5.41) is 10.3. The SMILES string of the molecule is NS(=O)(=O)c1ccc(NC(=O)NC[C@H]2CCOC2)cc1. The molecule has 1 aromatic rings. The minimum Gasteiger partial charge on any atom is -0.381 e. The summed E-state index contributed by atoms with van der Waals surface area (Å²) in [7, 11) is -3.71. The Morgan fingerprint density at radius 3 is 2.60 bits per heavy atom. The number of nitrogens with one attached hydrogen (secondary N) is 2. The molecule has 0 saturated carbocycles. The number of sulfonamides is 1. The molecule has 8 heteroatoms. The standard InChI is InChI=1S/C12H17N3O4S/c13-20(17,18)11-3-1-10(2-4-11)15-12(16)14-7-9-5-6-19-8-9/h1-4,9H,5-8H2,(H2,13,17,18)(H2,14,15,16)/t9-/m1/s1. The van der Waals surface area contributed by atoms with E-state index in [0.29, 0.717) is 24.8 Å². The Labute approximate surface area is 117 Å². The Morgan fingerprint density at radius 2 is 2.05 bits per heavy atom. The van der Waals surface area contributed by atoms with Crippen molar-refractivity contribution in [1.82, 2.24) is 5.32 Å². The maximum absolute atomic E-state index is 11.6. The number of urea groups is 1. The van der Waals surface area contributed by atoms with Gasteiger partial charge >= 0.3 is 6.03 Å². The van der Waals surface area contributed by atoms with E-state index in [1.807, 2.05) is 0 Å². The Kier molecular flexibility index (Phi) is 4.58. The molecular weight excluding hydrogens is 282 g/mol. The molecule has 0 bridgehead atoms. The predicted molar refractivity (Wildman–Crippen MR) is 73.8 cm³/mol. The lowest BCUT2D eigenvalue weighted by atomic mass is 10.1. The molecular formula is C12H17N3O4S. The molecule has 1 heterocycles. The van der Waals surface area contributed by atoms with Crippen LogP contribution in [0.3, 0.4) is 0 Å². The highest BCUT2D eigenvalue weighted by Gasteiger charge is 2.16. The molecule has 1 atom stereocenters. The summed E-state index contributed by atoms with van der Waals surface area (Å²) in [5.41, 5.74) is 0.498. The van der Waals surface area contributed by atoms with E-state index in [1.165, 1.54) is 24.3 Å². The Balaban J connectivity index is 1.84. The van der Waals surface area contributed by atoms with Gasteiger partial charge in [0, 0.05) is 24.8 Å². The second kappa shape index (κ2) is 6.21. The van der Waals surface area contributed by atoms with Gasteiger partial charge in [-0.2, -0.15) is 0 Å². The summed E-state index contributed by atoms with van der Waals surface area (Å²) in [5.74, 6) is 0.352. The van der Waals surface area contributed by atoms with Gasteiger partial charge in [-0.3, -0.25) is 0 Å². The van der Waals surface area contributed by atoms with E-state index in [2.05, 4.69) is 10.6 Å². The van der Waals surface area contributed by atoms with Gasteiger partial charge in [-0.25, -0.2) is 18.4 Å². The number of carbonyl (C=O) groups excluding carboxylic acids is 1. The van der Waals surface area contributed by atoms with E-state index in [1.54, 1.807) is 0 Å². The molecule has 4 N–H and O–H groups in total. The summed E-state index contributed by atoms with van der Waals surface area (Å²) in [4.78, 5) is 11.7. The normalized spacial score (nSPS) is 18.8. The summed E-state index contributed by atoms with van der Waals surface area (Å²) >= 11 is 0. The lowest BCUT2D eigenvalue weighted by molar-refractivity contribution is 0.185. The molecule has 0 spiro atoms. The Bertz CT molecular complexity index is 565. The molecule has 1 aromatic carbocycles. The number of amides is 2. The first kappa shape index (κ1) is 14.8. The van der Waals surface area contributed by atoms with Gasteiger partial charge in [-0.15, -0.1) is 0 Å². The smallest absolute Gasteiger partial charge is 0.319 e. The van der Waals surface area contributed by atoms with Crippen molar-refractivity contribution in [1.29, 1.82) is 0 Å². The first-order valence-electron chi connectivity index (χ1n) is 6.20. The first-order chi connectivity index (χ1) is 9.45. The quantitative estimate of drug-likeness (QED) is 0.751. The fourth-order valence-electron chi connectivity index (χ4n) is 1.88. The summed E-state index contributed by atoms with van der Waals surface area (Å²) in [6, 6.07) is 5.32. The molecule has 1 aliphatic heterocycles. The van der Waals surface area contributed by atoms with Crippen LogP contribution >= 0.6 is 0 Å². The van der Waals surface area contributed by atoms with Gasteiger partial charge < -0.3 is 15.4 Å². The largest absolute Gasteiger partial charge is 0.381 e. The maximum Gasteiger partial charge on any atom is 0.319 e. The zero-order valence-corrected chi connectivity index (χ0v) is 11.7. The van der Waals surface area contributed by atoms with Crippen molar-refractivity contribution < 1.29 is 17.9 Å². The zero-order chi connectivity index (χ0) is 14.6. The molecule has 7 nitrogen and oxygen atoms in total. The number of ether oxygens (including phenoxy) is 1. The van der Waals surface area contributed by atoms with E-state index in [-0.39, 0.29) is 10.9 Å². The van der Waals surface area contributed by atoms with Crippen LogP contribution in [0.5, 0.6) is 0 Å². The number of nitrogens with two attached hydrogens (primary N) is 1. The average molecular weight is 299 g/mol. The molecule has 20 heavy (non-hydrogen) atoms. The van der Waals surface area contributed by atoms with Crippen LogP contribution in [0.4, 0.5) is 10.5 Å². The van der Waals surface area contributed by atoms with Gasteiger partial charge in [0.1, 0.15) is 0 Å². The molecule has 1 fully saturated rings. The highest BCUT2D eigenvalue weighted by atomic mass is 32.2. The van der Waals surface area contributed by atoms with Gasteiger partial charge in [0.2, 0.25) is 10.0 Å². The van der Waals surface area contributed by atoms with Crippen molar-refractivity contribution in [2.75, 3.05) is 25.1 Å². The highest BCUT2D eigenvalue weighted by molar-refractivity contribution is 7.89. The van der Waals surface area contributed by atoms with Crippen LogP contribution in [0.2, 0.25) is 0 Å². The fourth-order valence-corrected chi connectivity index (χ4v) is 2.40. The second-order valence-corrected chi connectivity index (χ2v) is 6.20. The third-order valence-electron chi connectivity index (χ3n) is 3.02. The van der Waals surface area contributed by atoms with Gasteiger partial charge in [-0.05, 0) is 30.7 Å². The third kappa shape index (κ3) is 4.19. The summed E-state index contributed by atoms with van der Waals surface area (Å²) in [6.45, 7) is 1.97. The lowest BCUT2D eigenvalue weighted by Crippen LogP contribution is -2.33. The maximum atomic E-state index is 11.6. The van der Waals surface area contributed by atoms with E-state index in [4.69, 9.17) is 9.88 Å². The molecule has 2 amide bonds. The van der Waals surface area contributed by atoms with Crippen molar-refractivity contribution in [3.8, 4) is 0 Å². The Morgan fingerprint density at radius 1 is 1.35 bits per heavy atom. The van der Waals surface area contributed by atoms with E-state index in [9.17, 15) is 13.2 Å². The average Bonchev–Trinajstić information content (AvgIpc) is 2.89. The molecule has 1 aliphatic rings. The minimum absolute atomic E-state index is 0.00608. The molecule has 0 aromatic heterocycles. The number of benzene rings is 1. The molecule has 2 rings (SSSR count). The van der Waals surface area contributed by atoms with Gasteiger partial charge in [0.05, 0.1) is 11.5 Å². The van der Waals surface area contributed by atoms with Crippen LogP contribution < -0.4 is 15.8 Å². The van der Waals surface area contributed by atoms with Crippen LogP contribution in [0.25, 0.3) is 0 Å². The number of rotatable bonds is 4. The first-order valence-corrected chi connectivity index (χ1v) is 7.75. The second-order valence-electron chi connectivity index (χ2n) is 4.63. The van der Waals surface area contributed by atoms with E-state index < -0.39 is 10.0 Å².